The minimum Gasteiger partial charge on any atom is -0.390 e. The smallest absolute Gasteiger partial charge is 0.390 e. The van der Waals surface area contributed by atoms with Crippen LogP contribution in [-0.2, 0) is 19.3 Å². The van der Waals surface area contributed by atoms with Gasteiger partial charge in [-0.3, -0.25) is 9.20 Å². The molecule has 0 aromatic carbocycles. The Morgan fingerprint density at radius 3 is 2.67 bits per heavy atom. The van der Waals surface area contributed by atoms with Gasteiger partial charge in [0.05, 0.1) is 24.5 Å². The molecule has 0 aliphatic rings. The Bertz CT molecular complexity index is 976. The van der Waals surface area contributed by atoms with Crippen LogP contribution in [0.15, 0.2) is 16.9 Å². The molecule has 6 nitrogen and oxygen atoms in total. The molecule has 24 heavy (non-hydrogen) atoms. The topological polar surface area (TPSA) is 72.4 Å². The Hall–Kier alpha value is -1.91. The van der Waals surface area contributed by atoms with Crippen LogP contribution in [0.3, 0.4) is 0 Å². The zero-order valence-electron chi connectivity index (χ0n) is 12.1. The van der Waals surface area contributed by atoms with Gasteiger partial charge in [0.15, 0.2) is 10.7 Å². The molecule has 128 valence electrons. The highest BCUT2D eigenvalue weighted by Gasteiger charge is 2.34. The molecular formula is C13H10ClF3N4O2S. The van der Waals surface area contributed by atoms with Gasteiger partial charge in [0.2, 0.25) is 0 Å². The molecule has 3 aromatic rings. The maximum absolute atomic E-state index is 12.7. The summed E-state index contributed by atoms with van der Waals surface area (Å²) < 4.78 is 40.2. The van der Waals surface area contributed by atoms with Crippen molar-refractivity contribution in [2.45, 2.75) is 26.3 Å². The standard InChI is InChI=1S/C13H10ClF3N4O2S/c1-6-8(5-22)21-11(23)2-7(18-12(21)24-6)4-20-10(14)3-9(19-20)13(15,16)17/h2-3,22H,4-5H2,1H3. The summed E-state index contributed by atoms with van der Waals surface area (Å²) in [7, 11) is 0. The summed E-state index contributed by atoms with van der Waals surface area (Å²) in [5.41, 5.74) is -0.873. The Labute approximate surface area is 141 Å². The van der Waals surface area contributed by atoms with Crippen LogP contribution in [0.5, 0.6) is 0 Å². The van der Waals surface area contributed by atoms with Gasteiger partial charge in [0, 0.05) is 17.0 Å². The highest BCUT2D eigenvalue weighted by atomic mass is 35.5. The first-order chi connectivity index (χ1) is 11.2. The van der Waals surface area contributed by atoms with E-state index in [0.29, 0.717) is 16.7 Å². The third-order valence-electron chi connectivity index (χ3n) is 3.34. The molecule has 0 amide bonds. The first kappa shape index (κ1) is 16.9. The van der Waals surface area contributed by atoms with Gasteiger partial charge in [-0.25, -0.2) is 9.67 Å². The minimum atomic E-state index is -4.60. The molecule has 0 spiro atoms. The Morgan fingerprint density at radius 2 is 2.08 bits per heavy atom. The Morgan fingerprint density at radius 1 is 1.38 bits per heavy atom. The van der Waals surface area contributed by atoms with Crippen LogP contribution in [-0.4, -0.2) is 24.3 Å². The molecule has 0 radical (unpaired) electrons. The molecule has 3 aromatic heterocycles. The molecular weight excluding hydrogens is 369 g/mol. The molecule has 0 saturated heterocycles. The number of halogens is 4. The van der Waals surface area contributed by atoms with Crippen molar-refractivity contribution in [3.63, 3.8) is 0 Å². The van der Waals surface area contributed by atoms with Crippen molar-refractivity contribution in [1.82, 2.24) is 19.2 Å². The van der Waals surface area contributed by atoms with E-state index in [0.717, 1.165) is 9.56 Å². The zero-order valence-corrected chi connectivity index (χ0v) is 13.7. The van der Waals surface area contributed by atoms with Crippen molar-refractivity contribution in [2.24, 2.45) is 0 Å². The maximum atomic E-state index is 12.7. The van der Waals surface area contributed by atoms with Crippen LogP contribution in [0.1, 0.15) is 22.0 Å². The third kappa shape index (κ3) is 2.92. The number of aliphatic hydroxyl groups is 1. The van der Waals surface area contributed by atoms with Crippen LogP contribution < -0.4 is 5.56 Å². The van der Waals surface area contributed by atoms with Gasteiger partial charge in [-0.2, -0.15) is 18.3 Å². The van der Waals surface area contributed by atoms with Crippen LogP contribution in [0.4, 0.5) is 13.2 Å². The van der Waals surface area contributed by atoms with E-state index < -0.39 is 17.4 Å². The molecule has 0 unspecified atom stereocenters. The lowest BCUT2D eigenvalue weighted by molar-refractivity contribution is -0.141. The molecule has 11 heteroatoms. The fourth-order valence-electron chi connectivity index (χ4n) is 2.24. The highest BCUT2D eigenvalue weighted by Crippen LogP contribution is 2.30. The monoisotopic (exact) mass is 378 g/mol. The average molecular weight is 379 g/mol. The van der Waals surface area contributed by atoms with Crippen molar-refractivity contribution >= 4 is 27.9 Å². The fourth-order valence-corrected chi connectivity index (χ4v) is 3.44. The number of alkyl halides is 3. The molecule has 1 N–H and O–H groups in total. The van der Waals surface area contributed by atoms with E-state index in [2.05, 4.69) is 10.1 Å². The third-order valence-corrected chi connectivity index (χ3v) is 4.65. The van der Waals surface area contributed by atoms with E-state index >= 15 is 0 Å². The number of hydrogen-bond acceptors (Lipinski definition) is 5. The van der Waals surface area contributed by atoms with Gasteiger partial charge >= 0.3 is 6.18 Å². The van der Waals surface area contributed by atoms with E-state index in [1.165, 1.54) is 21.8 Å². The SMILES string of the molecule is Cc1sc2nc(Cn3nc(C(F)(F)F)cc3Cl)cc(=O)n2c1CO. The van der Waals surface area contributed by atoms with E-state index in [9.17, 15) is 23.1 Å². The summed E-state index contributed by atoms with van der Waals surface area (Å²) in [6.45, 7) is 1.25. The second-order valence-corrected chi connectivity index (χ2v) is 6.54. The lowest BCUT2D eigenvalue weighted by Crippen LogP contribution is -2.18. The van der Waals surface area contributed by atoms with Gasteiger partial charge in [-0.1, -0.05) is 11.6 Å². The summed E-state index contributed by atoms with van der Waals surface area (Å²) in [6, 6.07) is 1.90. The van der Waals surface area contributed by atoms with Crippen molar-refractivity contribution in [2.75, 3.05) is 0 Å². The number of aryl methyl sites for hydroxylation is 1. The number of rotatable bonds is 3. The largest absolute Gasteiger partial charge is 0.435 e. The molecule has 0 atom stereocenters. The molecule has 0 aliphatic heterocycles. The molecule has 3 rings (SSSR count). The average Bonchev–Trinajstić information content (AvgIpc) is 2.99. The van der Waals surface area contributed by atoms with E-state index in [4.69, 9.17) is 11.6 Å². The Balaban J connectivity index is 2.03. The predicted molar refractivity (Wildman–Crippen MR) is 81.3 cm³/mol. The first-order valence-electron chi connectivity index (χ1n) is 6.63. The van der Waals surface area contributed by atoms with Gasteiger partial charge in [0.25, 0.3) is 5.56 Å². The summed E-state index contributed by atoms with van der Waals surface area (Å²) in [5, 5.41) is 12.5. The highest BCUT2D eigenvalue weighted by molar-refractivity contribution is 7.17. The van der Waals surface area contributed by atoms with Gasteiger partial charge < -0.3 is 5.11 Å². The number of aliphatic hydroxyl groups excluding tert-OH is 1. The number of hydrogen-bond donors (Lipinski definition) is 1. The normalized spacial score (nSPS) is 12.2. The molecule has 3 heterocycles. The number of fused-ring (bicyclic) bond motifs is 1. The number of thiazole rings is 1. The second kappa shape index (κ2) is 5.87. The van der Waals surface area contributed by atoms with Crippen molar-refractivity contribution < 1.29 is 18.3 Å². The minimum absolute atomic E-state index is 0.175. The second-order valence-electron chi connectivity index (χ2n) is 4.97. The van der Waals surface area contributed by atoms with Gasteiger partial charge in [-0.05, 0) is 6.92 Å². The number of nitrogens with zero attached hydrogens (tertiary/aromatic N) is 4. The lowest BCUT2D eigenvalue weighted by Gasteiger charge is -2.04. The summed E-state index contributed by atoms with van der Waals surface area (Å²) in [4.78, 5) is 17.5. The van der Waals surface area contributed by atoms with Crippen molar-refractivity contribution in [3.05, 3.63) is 49.6 Å². The summed E-state index contributed by atoms with van der Waals surface area (Å²) in [6.07, 6.45) is -4.60. The summed E-state index contributed by atoms with van der Waals surface area (Å²) >= 11 is 6.97. The van der Waals surface area contributed by atoms with Crippen molar-refractivity contribution in [1.29, 1.82) is 0 Å². The van der Waals surface area contributed by atoms with Crippen LogP contribution in [0, 0.1) is 6.92 Å². The molecule has 0 aliphatic carbocycles. The van der Waals surface area contributed by atoms with E-state index in [-0.39, 0.29) is 24.0 Å². The molecule has 0 bridgehead atoms. The predicted octanol–water partition coefficient (Wildman–Crippen LogP) is 2.47. The summed E-state index contributed by atoms with van der Waals surface area (Å²) in [5.74, 6) is 0. The molecule has 0 saturated carbocycles. The van der Waals surface area contributed by atoms with Gasteiger partial charge in [-0.15, -0.1) is 11.3 Å². The van der Waals surface area contributed by atoms with E-state index in [1.54, 1.807) is 6.92 Å². The van der Waals surface area contributed by atoms with Crippen LogP contribution in [0.2, 0.25) is 5.15 Å². The zero-order chi connectivity index (χ0) is 17.6. The van der Waals surface area contributed by atoms with E-state index in [1.807, 2.05) is 0 Å². The van der Waals surface area contributed by atoms with Gasteiger partial charge in [0.1, 0.15) is 5.15 Å². The first-order valence-corrected chi connectivity index (χ1v) is 7.82. The van der Waals surface area contributed by atoms with Crippen molar-refractivity contribution in [3.8, 4) is 0 Å². The fraction of sp³-hybridized carbons (Fsp3) is 0.308. The van der Waals surface area contributed by atoms with Crippen LogP contribution in [0.25, 0.3) is 4.96 Å². The quantitative estimate of drug-likeness (QED) is 0.760. The van der Waals surface area contributed by atoms with Crippen LogP contribution >= 0.6 is 22.9 Å². The lowest BCUT2D eigenvalue weighted by atomic mass is 10.3. The molecule has 0 fully saturated rings. The Kier molecular flexibility index (Phi) is 4.14. The number of aromatic nitrogens is 4. The maximum Gasteiger partial charge on any atom is 0.435 e.